The van der Waals surface area contributed by atoms with E-state index in [2.05, 4.69) is 20.6 Å². The Kier molecular flexibility index (Phi) is 5.57. The number of aliphatic imine (C=N–C) groups is 1. The van der Waals surface area contributed by atoms with Crippen LogP contribution in [0.5, 0.6) is 0 Å². The third-order valence-electron chi connectivity index (χ3n) is 2.02. The van der Waals surface area contributed by atoms with Gasteiger partial charge in [-0.25, -0.2) is 10.8 Å². The molecular formula is C10H12Cl2N6. The molecule has 0 atom stereocenters. The number of nitrogens with one attached hydrogen (secondary N) is 1. The largest absolute Gasteiger partial charge is 0.310 e. The van der Waals surface area contributed by atoms with Crippen molar-refractivity contribution in [1.29, 1.82) is 0 Å². The Morgan fingerprint density at radius 1 is 1.28 bits per heavy atom. The van der Waals surface area contributed by atoms with Gasteiger partial charge in [0.1, 0.15) is 12.4 Å². The van der Waals surface area contributed by atoms with Crippen molar-refractivity contribution >= 4 is 35.5 Å². The lowest BCUT2D eigenvalue weighted by Gasteiger charge is -2.04. The Balaban J connectivity index is 0.00000162. The Hall–Kier alpha value is -1.63. The first kappa shape index (κ1) is 14.4. The van der Waals surface area contributed by atoms with Gasteiger partial charge < -0.3 is 5.43 Å². The van der Waals surface area contributed by atoms with Crippen LogP contribution in [0.2, 0.25) is 5.02 Å². The predicted octanol–water partition coefficient (Wildman–Crippen LogP) is 1.55. The fourth-order valence-electron chi connectivity index (χ4n) is 1.24. The molecule has 0 saturated heterocycles. The molecule has 0 fully saturated rings. The van der Waals surface area contributed by atoms with Crippen molar-refractivity contribution in [2.45, 2.75) is 6.54 Å². The topological polar surface area (TPSA) is 81.1 Å². The van der Waals surface area contributed by atoms with Crippen molar-refractivity contribution in [3.8, 4) is 0 Å². The quantitative estimate of drug-likeness (QED) is 0.388. The molecule has 0 radical (unpaired) electrons. The molecule has 3 N–H and O–H groups in total. The van der Waals surface area contributed by atoms with Gasteiger partial charge in [0, 0.05) is 5.02 Å². The summed E-state index contributed by atoms with van der Waals surface area (Å²) in [4.78, 5) is 5.79. The lowest BCUT2D eigenvalue weighted by Crippen LogP contribution is -2.34. The van der Waals surface area contributed by atoms with Crippen molar-refractivity contribution in [2.24, 2.45) is 10.8 Å². The number of rotatable bonds is 3. The third kappa shape index (κ3) is 3.99. The van der Waals surface area contributed by atoms with Crippen LogP contribution in [0.15, 0.2) is 41.7 Å². The molecule has 0 aliphatic carbocycles. The van der Waals surface area contributed by atoms with E-state index in [0.717, 1.165) is 5.69 Å². The van der Waals surface area contributed by atoms with Crippen molar-refractivity contribution in [2.75, 3.05) is 0 Å². The fraction of sp³-hybridized carbons (Fsp3) is 0.100. The summed E-state index contributed by atoms with van der Waals surface area (Å²) in [7, 11) is 0. The third-order valence-corrected chi connectivity index (χ3v) is 2.27. The van der Waals surface area contributed by atoms with Gasteiger partial charge in [0.05, 0.1) is 18.1 Å². The highest BCUT2D eigenvalue weighted by atomic mass is 35.5. The molecule has 6 nitrogen and oxygen atoms in total. The Labute approximate surface area is 115 Å². The summed E-state index contributed by atoms with van der Waals surface area (Å²) in [5.74, 6) is 5.95. The SMILES string of the molecule is Cl.NNC(Cn1nccn1)=Nc1ccc(Cl)cc1. The standard InChI is InChI=1S/C10H11ClN6.ClH/c11-8-1-3-9(4-2-8)15-10(16-12)7-17-13-5-6-14-17;/h1-6H,7,12H2,(H,15,16);1H. The van der Waals surface area contributed by atoms with Crippen LogP contribution in [0.4, 0.5) is 5.69 Å². The van der Waals surface area contributed by atoms with Crippen LogP contribution in [-0.2, 0) is 6.54 Å². The first-order chi connectivity index (χ1) is 8.28. The molecule has 2 rings (SSSR count). The van der Waals surface area contributed by atoms with E-state index in [0.29, 0.717) is 17.4 Å². The van der Waals surface area contributed by atoms with Crippen LogP contribution in [-0.4, -0.2) is 20.8 Å². The van der Waals surface area contributed by atoms with E-state index in [1.165, 1.54) is 4.80 Å². The van der Waals surface area contributed by atoms with Gasteiger partial charge in [-0.15, -0.1) is 12.4 Å². The zero-order valence-corrected chi connectivity index (χ0v) is 10.9. The molecule has 2 aromatic rings. The van der Waals surface area contributed by atoms with Crippen molar-refractivity contribution in [3.63, 3.8) is 0 Å². The molecule has 0 aliphatic rings. The van der Waals surface area contributed by atoms with Gasteiger partial charge in [-0.2, -0.15) is 15.0 Å². The van der Waals surface area contributed by atoms with Crippen LogP contribution in [0.25, 0.3) is 0 Å². The monoisotopic (exact) mass is 286 g/mol. The molecule has 0 saturated carbocycles. The maximum Gasteiger partial charge on any atom is 0.140 e. The van der Waals surface area contributed by atoms with Crippen molar-refractivity contribution in [1.82, 2.24) is 20.4 Å². The number of hydrazine groups is 1. The number of amidine groups is 1. The molecule has 0 amide bonds. The second-order valence-electron chi connectivity index (χ2n) is 3.24. The van der Waals surface area contributed by atoms with E-state index in [9.17, 15) is 0 Å². The number of halogens is 2. The Morgan fingerprint density at radius 3 is 2.44 bits per heavy atom. The zero-order chi connectivity index (χ0) is 12.1. The van der Waals surface area contributed by atoms with E-state index < -0.39 is 0 Å². The maximum absolute atomic E-state index is 5.78. The summed E-state index contributed by atoms with van der Waals surface area (Å²) in [6.07, 6.45) is 3.19. The summed E-state index contributed by atoms with van der Waals surface area (Å²) in [6, 6.07) is 7.13. The molecule has 18 heavy (non-hydrogen) atoms. The summed E-state index contributed by atoms with van der Waals surface area (Å²) in [5, 5.41) is 8.60. The van der Waals surface area contributed by atoms with Gasteiger partial charge in [0.15, 0.2) is 0 Å². The second-order valence-corrected chi connectivity index (χ2v) is 3.68. The van der Waals surface area contributed by atoms with Crippen molar-refractivity contribution in [3.05, 3.63) is 41.7 Å². The highest BCUT2D eigenvalue weighted by Crippen LogP contribution is 2.16. The van der Waals surface area contributed by atoms with Crippen molar-refractivity contribution < 1.29 is 0 Å². The first-order valence-corrected chi connectivity index (χ1v) is 5.29. The average molecular weight is 287 g/mol. The molecule has 0 unspecified atom stereocenters. The summed E-state index contributed by atoms with van der Waals surface area (Å²) in [5.41, 5.74) is 3.28. The van der Waals surface area contributed by atoms with E-state index in [4.69, 9.17) is 17.4 Å². The number of nitrogens with two attached hydrogens (primary N) is 1. The average Bonchev–Trinajstić information content (AvgIpc) is 2.84. The maximum atomic E-state index is 5.78. The Bertz CT molecular complexity index is 494. The smallest absolute Gasteiger partial charge is 0.140 e. The highest BCUT2D eigenvalue weighted by molar-refractivity contribution is 6.30. The van der Waals surface area contributed by atoms with Crippen LogP contribution < -0.4 is 11.3 Å². The van der Waals surface area contributed by atoms with Gasteiger partial charge in [0.25, 0.3) is 0 Å². The lowest BCUT2D eigenvalue weighted by molar-refractivity contribution is 0.609. The minimum Gasteiger partial charge on any atom is -0.310 e. The Morgan fingerprint density at radius 2 is 1.89 bits per heavy atom. The molecular weight excluding hydrogens is 275 g/mol. The highest BCUT2D eigenvalue weighted by Gasteiger charge is 2.00. The minimum absolute atomic E-state index is 0. The number of hydrogen-bond acceptors (Lipinski definition) is 4. The number of nitrogens with zero attached hydrogens (tertiary/aromatic N) is 4. The van der Waals surface area contributed by atoms with E-state index in [1.54, 1.807) is 36.7 Å². The van der Waals surface area contributed by atoms with Gasteiger partial charge in [-0.3, -0.25) is 0 Å². The summed E-state index contributed by atoms with van der Waals surface area (Å²) < 4.78 is 0. The van der Waals surface area contributed by atoms with Crippen LogP contribution in [0, 0.1) is 0 Å². The van der Waals surface area contributed by atoms with E-state index >= 15 is 0 Å². The van der Waals surface area contributed by atoms with Crippen LogP contribution in [0.3, 0.4) is 0 Å². The zero-order valence-electron chi connectivity index (χ0n) is 9.32. The molecule has 0 spiro atoms. The first-order valence-electron chi connectivity index (χ1n) is 4.92. The van der Waals surface area contributed by atoms with Crippen LogP contribution >= 0.6 is 24.0 Å². The van der Waals surface area contributed by atoms with E-state index in [-0.39, 0.29) is 12.4 Å². The van der Waals surface area contributed by atoms with Gasteiger partial charge >= 0.3 is 0 Å². The predicted molar refractivity (Wildman–Crippen MR) is 73.1 cm³/mol. The lowest BCUT2D eigenvalue weighted by atomic mass is 10.3. The molecule has 1 aromatic carbocycles. The molecule has 96 valence electrons. The molecule has 1 aromatic heterocycles. The molecule has 0 bridgehead atoms. The minimum atomic E-state index is 0. The van der Waals surface area contributed by atoms with Gasteiger partial charge in [-0.05, 0) is 24.3 Å². The number of aromatic nitrogens is 3. The molecule has 8 heteroatoms. The van der Waals surface area contributed by atoms with E-state index in [1.807, 2.05) is 0 Å². The fourth-order valence-corrected chi connectivity index (χ4v) is 1.37. The molecule has 0 aliphatic heterocycles. The molecule has 1 heterocycles. The summed E-state index contributed by atoms with van der Waals surface area (Å²) >= 11 is 5.78. The summed E-state index contributed by atoms with van der Waals surface area (Å²) in [6.45, 7) is 0.381. The normalized spacial score (nSPS) is 10.9. The van der Waals surface area contributed by atoms with Gasteiger partial charge in [-0.1, -0.05) is 11.6 Å². The second kappa shape index (κ2) is 6.95. The van der Waals surface area contributed by atoms with Crippen LogP contribution in [0.1, 0.15) is 0 Å². The number of benzene rings is 1. The van der Waals surface area contributed by atoms with Gasteiger partial charge in [0.2, 0.25) is 0 Å². The number of hydrogen-bond donors (Lipinski definition) is 2.